The fraction of sp³-hybridized carbons (Fsp3) is 0.250. The van der Waals surface area contributed by atoms with Crippen LogP contribution >= 0.6 is 23.2 Å². The molecule has 2 rings (SSSR count). The second-order valence-electron chi connectivity index (χ2n) is 4.41. The summed E-state index contributed by atoms with van der Waals surface area (Å²) >= 11 is 12.1. The number of benzene rings is 2. The Morgan fingerprint density at radius 2 is 1.71 bits per heavy atom. The van der Waals surface area contributed by atoms with Gasteiger partial charge in [0.25, 0.3) is 0 Å². The third kappa shape index (κ3) is 4.81. The first-order valence-electron chi connectivity index (χ1n) is 6.61. The van der Waals surface area contributed by atoms with Gasteiger partial charge in [0.15, 0.2) is 0 Å². The fourth-order valence-electron chi connectivity index (χ4n) is 1.82. The molecule has 0 heterocycles. The van der Waals surface area contributed by atoms with E-state index in [1.165, 1.54) is 0 Å². The fourth-order valence-corrected chi connectivity index (χ4v) is 2.21. The van der Waals surface area contributed by atoms with E-state index >= 15 is 0 Å². The number of nitrogens with one attached hydrogen (secondary N) is 1. The van der Waals surface area contributed by atoms with Crippen molar-refractivity contribution in [1.82, 2.24) is 5.32 Å². The van der Waals surface area contributed by atoms with Crippen molar-refractivity contribution in [1.29, 1.82) is 0 Å². The van der Waals surface area contributed by atoms with Crippen molar-refractivity contribution in [2.45, 2.75) is 6.54 Å². The Morgan fingerprint density at radius 3 is 2.43 bits per heavy atom. The summed E-state index contributed by atoms with van der Waals surface area (Å²) in [6, 6.07) is 13.1. The Hall–Kier alpha value is -1.42. The Bertz CT molecular complexity index is 573. The molecular weight excluding hydrogens is 309 g/mol. The van der Waals surface area contributed by atoms with Crippen LogP contribution in [-0.2, 0) is 6.54 Å². The molecule has 112 valence electrons. The number of rotatable bonds is 7. The molecule has 0 aliphatic carbocycles. The highest BCUT2D eigenvalue weighted by molar-refractivity contribution is 6.42. The van der Waals surface area contributed by atoms with Crippen molar-refractivity contribution in [3.05, 3.63) is 58.1 Å². The monoisotopic (exact) mass is 325 g/mol. The number of hydrogen-bond acceptors (Lipinski definition) is 3. The van der Waals surface area contributed by atoms with Gasteiger partial charge >= 0.3 is 0 Å². The van der Waals surface area contributed by atoms with Gasteiger partial charge in [0.1, 0.15) is 18.1 Å². The highest BCUT2D eigenvalue weighted by Crippen LogP contribution is 2.25. The van der Waals surface area contributed by atoms with Crippen LogP contribution in [0.5, 0.6) is 11.5 Å². The number of methoxy groups -OCH3 is 1. The third-order valence-corrected chi connectivity index (χ3v) is 3.81. The molecule has 2 aromatic carbocycles. The highest BCUT2D eigenvalue weighted by Gasteiger charge is 2.03. The average Bonchev–Trinajstić information content (AvgIpc) is 2.51. The van der Waals surface area contributed by atoms with Gasteiger partial charge in [0, 0.05) is 13.1 Å². The lowest BCUT2D eigenvalue weighted by atomic mass is 10.2. The Labute approximate surface area is 134 Å². The molecule has 0 saturated carbocycles. The quantitative estimate of drug-likeness (QED) is 0.775. The first-order chi connectivity index (χ1) is 10.2. The lowest BCUT2D eigenvalue weighted by molar-refractivity contribution is 0.313. The van der Waals surface area contributed by atoms with E-state index < -0.39 is 0 Å². The van der Waals surface area contributed by atoms with Crippen LogP contribution in [0, 0.1) is 0 Å². The first kappa shape index (κ1) is 16.0. The predicted octanol–water partition coefficient (Wildman–Crippen LogP) is 4.17. The third-order valence-electron chi connectivity index (χ3n) is 2.95. The number of hydrogen-bond donors (Lipinski definition) is 1. The largest absolute Gasteiger partial charge is 0.497 e. The van der Waals surface area contributed by atoms with E-state index in [2.05, 4.69) is 5.32 Å². The van der Waals surface area contributed by atoms with Crippen LogP contribution in [0.2, 0.25) is 10.0 Å². The minimum Gasteiger partial charge on any atom is -0.497 e. The van der Waals surface area contributed by atoms with E-state index in [-0.39, 0.29) is 0 Å². The van der Waals surface area contributed by atoms with Gasteiger partial charge in [-0.3, -0.25) is 0 Å². The molecule has 0 aliphatic heterocycles. The molecule has 0 bridgehead atoms. The molecule has 0 aromatic heterocycles. The van der Waals surface area contributed by atoms with Gasteiger partial charge in [0.2, 0.25) is 0 Å². The van der Waals surface area contributed by atoms with Crippen LogP contribution in [0.1, 0.15) is 5.56 Å². The van der Waals surface area contributed by atoms with Gasteiger partial charge < -0.3 is 14.8 Å². The standard InChI is InChI=1S/C16H17Cl2NO2/c1-20-13-5-7-14(8-6-13)21-10-9-19-11-12-3-2-4-15(17)16(12)18/h2-8,19H,9-11H2,1H3. The van der Waals surface area contributed by atoms with Crippen LogP contribution in [0.4, 0.5) is 0 Å². The van der Waals surface area contributed by atoms with Crippen LogP contribution in [0.3, 0.4) is 0 Å². The Morgan fingerprint density at radius 1 is 1.00 bits per heavy atom. The summed E-state index contributed by atoms with van der Waals surface area (Å²) in [5.41, 5.74) is 0.980. The van der Waals surface area contributed by atoms with Crippen LogP contribution in [0.15, 0.2) is 42.5 Å². The lowest BCUT2D eigenvalue weighted by Crippen LogP contribution is -2.20. The zero-order chi connectivity index (χ0) is 15.1. The van der Waals surface area contributed by atoms with Gasteiger partial charge in [-0.25, -0.2) is 0 Å². The first-order valence-corrected chi connectivity index (χ1v) is 7.37. The van der Waals surface area contributed by atoms with Crippen LogP contribution in [-0.4, -0.2) is 20.3 Å². The lowest BCUT2D eigenvalue weighted by Gasteiger charge is -2.09. The van der Waals surface area contributed by atoms with Gasteiger partial charge in [0.05, 0.1) is 17.2 Å². The average molecular weight is 326 g/mol. The molecule has 0 saturated heterocycles. The topological polar surface area (TPSA) is 30.5 Å². The van der Waals surface area contributed by atoms with Crippen molar-refractivity contribution in [2.24, 2.45) is 0 Å². The maximum atomic E-state index is 6.12. The molecule has 0 spiro atoms. The SMILES string of the molecule is COc1ccc(OCCNCc2cccc(Cl)c2Cl)cc1. The van der Waals surface area contributed by atoms with E-state index in [4.69, 9.17) is 32.7 Å². The summed E-state index contributed by atoms with van der Waals surface area (Å²) in [5.74, 6) is 1.63. The molecule has 0 aliphatic rings. The molecule has 3 nitrogen and oxygen atoms in total. The molecule has 0 fully saturated rings. The summed E-state index contributed by atoms with van der Waals surface area (Å²) in [5, 5.41) is 4.44. The maximum Gasteiger partial charge on any atom is 0.119 e. The second kappa shape index (κ2) is 8.13. The van der Waals surface area contributed by atoms with Crippen molar-refractivity contribution < 1.29 is 9.47 Å². The molecule has 0 amide bonds. The van der Waals surface area contributed by atoms with Gasteiger partial charge in [-0.05, 0) is 35.9 Å². The Kier molecular flexibility index (Phi) is 6.18. The molecular formula is C16H17Cl2NO2. The normalized spacial score (nSPS) is 10.4. The summed E-state index contributed by atoms with van der Waals surface area (Å²) in [6.07, 6.45) is 0. The zero-order valence-corrected chi connectivity index (χ0v) is 13.2. The van der Waals surface area contributed by atoms with Crippen LogP contribution < -0.4 is 14.8 Å². The van der Waals surface area contributed by atoms with Crippen molar-refractivity contribution >= 4 is 23.2 Å². The molecule has 1 N–H and O–H groups in total. The highest BCUT2D eigenvalue weighted by atomic mass is 35.5. The minimum atomic E-state index is 0.574. The smallest absolute Gasteiger partial charge is 0.119 e. The minimum absolute atomic E-state index is 0.574. The molecule has 2 aromatic rings. The van der Waals surface area contributed by atoms with Gasteiger partial charge in [-0.15, -0.1) is 0 Å². The Balaban J connectivity index is 1.71. The summed E-state index contributed by atoms with van der Waals surface area (Å²) in [7, 11) is 1.64. The van der Waals surface area contributed by atoms with E-state index in [1.54, 1.807) is 13.2 Å². The van der Waals surface area contributed by atoms with Gasteiger partial charge in [-0.2, -0.15) is 0 Å². The molecule has 0 unspecified atom stereocenters. The van der Waals surface area contributed by atoms with Gasteiger partial charge in [-0.1, -0.05) is 35.3 Å². The second-order valence-corrected chi connectivity index (χ2v) is 5.20. The number of ether oxygens (including phenoxy) is 2. The molecule has 5 heteroatoms. The van der Waals surface area contributed by atoms with E-state index in [9.17, 15) is 0 Å². The molecule has 0 radical (unpaired) electrons. The summed E-state index contributed by atoms with van der Waals surface area (Å²) in [6.45, 7) is 1.95. The molecule has 0 atom stereocenters. The van der Waals surface area contributed by atoms with E-state index in [0.717, 1.165) is 23.6 Å². The molecule has 21 heavy (non-hydrogen) atoms. The maximum absolute atomic E-state index is 6.12. The van der Waals surface area contributed by atoms with E-state index in [1.807, 2.05) is 36.4 Å². The van der Waals surface area contributed by atoms with Crippen molar-refractivity contribution in [3.8, 4) is 11.5 Å². The van der Waals surface area contributed by atoms with E-state index in [0.29, 0.717) is 23.2 Å². The summed E-state index contributed by atoms with van der Waals surface area (Å²) < 4.78 is 10.7. The predicted molar refractivity (Wildman–Crippen MR) is 86.7 cm³/mol. The number of halogens is 2. The summed E-state index contributed by atoms with van der Waals surface area (Å²) in [4.78, 5) is 0. The van der Waals surface area contributed by atoms with Crippen molar-refractivity contribution in [3.63, 3.8) is 0 Å². The van der Waals surface area contributed by atoms with Crippen molar-refractivity contribution in [2.75, 3.05) is 20.3 Å². The van der Waals surface area contributed by atoms with Crippen LogP contribution in [0.25, 0.3) is 0 Å². The zero-order valence-electron chi connectivity index (χ0n) is 11.7.